The Hall–Kier alpha value is -2.84. The van der Waals surface area contributed by atoms with Gasteiger partial charge in [-0.25, -0.2) is 4.98 Å². The van der Waals surface area contributed by atoms with E-state index in [1.807, 2.05) is 41.8 Å². The lowest BCUT2D eigenvalue weighted by Gasteiger charge is -2.06. The zero-order chi connectivity index (χ0) is 19.5. The second-order valence-corrected chi connectivity index (χ2v) is 7.70. The first-order valence-corrected chi connectivity index (χ1v) is 10.0. The number of nitrogens with zero attached hydrogens (tertiary/aromatic N) is 2. The number of nitrogens with one attached hydrogen (secondary N) is 1. The van der Waals surface area contributed by atoms with Crippen LogP contribution in [0.5, 0.6) is 0 Å². The Balaban J connectivity index is 1.64. The van der Waals surface area contributed by atoms with Gasteiger partial charge in [0.2, 0.25) is 0 Å². The van der Waals surface area contributed by atoms with Crippen molar-refractivity contribution in [3.05, 3.63) is 87.3 Å². The zero-order valence-electron chi connectivity index (χ0n) is 14.5. The second kappa shape index (κ2) is 8.04. The van der Waals surface area contributed by atoms with Crippen molar-refractivity contribution in [2.24, 2.45) is 0 Å². The van der Waals surface area contributed by atoms with Crippen LogP contribution >= 0.6 is 34.5 Å². The molecule has 0 bridgehead atoms. The van der Waals surface area contributed by atoms with Gasteiger partial charge in [0.05, 0.1) is 10.7 Å². The molecule has 1 heterocycles. The molecule has 0 saturated heterocycles. The van der Waals surface area contributed by atoms with Crippen LogP contribution in [-0.4, -0.2) is 4.98 Å². The average Bonchev–Trinajstić information content (AvgIpc) is 3.18. The summed E-state index contributed by atoms with van der Waals surface area (Å²) < 4.78 is 0. The summed E-state index contributed by atoms with van der Waals surface area (Å²) in [6, 6.07) is 21.6. The van der Waals surface area contributed by atoms with Gasteiger partial charge in [0, 0.05) is 33.2 Å². The lowest BCUT2D eigenvalue weighted by molar-refractivity contribution is 1.36. The molecule has 3 nitrogen and oxygen atoms in total. The van der Waals surface area contributed by atoms with Crippen molar-refractivity contribution in [1.29, 1.82) is 5.26 Å². The van der Waals surface area contributed by atoms with Crippen molar-refractivity contribution in [1.82, 2.24) is 4.98 Å². The van der Waals surface area contributed by atoms with Gasteiger partial charge >= 0.3 is 0 Å². The number of rotatable bonds is 4. The van der Waals surface area contributed by atoms with E-state index in [-0.39, 0.29) is 0 Å². The van der Waals surface area contributed by atoms with E-state index in [0.29, 0.717) is 26.3 Å². The third-order valence-corrected chi connectivity index (χ3v) is 5.65. The molecule has 6 heteroatoms. The number of fused-ring (bicyclic) bond motifs is 1. The first-order chi connectivity index (χ1) is 13.7. The predicted molar refractivity (Wildman–Crippen MR) is 119 cm³/mol. The number of benzene rings is 3. The Bertz CT molecular complexity index is 1230. The molecule has 28 heavy (non-hydrogen) atoms. The first kappa shape index (κ1) is 18.5. The van der Waals surface area contributed by atoms with Crippen LogP contribution in [0.2, 0.25) is 10.0 Å². The van der Waals surface area contributed by atoms with Crippen LogP contribution in [0, 0.1) is 11.3 Å². The smallest absolute Gasteiger partial charge is 0.136 e. The van der Waals surface area contributed by atoms with E-state index in [1.54, 1.807) is 18.3 Å². The number of halogens is 2. The highest BCUT2D eigenvalue weighted by molar-refractivity contribution is 7.11. The fourth-order valence-corrected chi connectivity index (χ4v) is 4.15. The third kappa shape index (κ3) is 3.74. The normalized spacial score (nSPS) is 11.4. The minimum Gasteiger partial charge on any atom is -0.360 e. The van der Waals surface area contributed by atoms with Gasteiger partial charge < -0.3 is 5.32 Å². The Kier molecular flexibility index (Phi) is 5.31. The molecule has 1 N–H and O–H groups in total. The maximum Gasteiger partial charge on any atom is 0.136 e. The van der Waals surface area contributed by atoms with Gasteiger partial charge in [0.1, 0.15) is 16.6 Å². The van der Waals surface area contributed by atoms with Crippen LogP contribution < -0.4 is 5.32 Å². The van der Waals surface area contributed by atoms with Crippen LogP contribution in [0.4, 0.5) is 5.69 Å². The SMILES string of the molecule is N#C/C(=C/Nc1cccc2ccccc12)c1nc(-c2ccc(Cl)cc2Cl)cs1. The number of thiazole rings is 1. The summed E-state index contributed by atoms with van der Waals surface area (Å²) in [5.41, 5.74) is 2.89. The molecule has 0 saturated carbocycles. The molecule has 0 amide bonds. The summed E-state index contributed by atoms with van der Waals surface area (Å²) in [5, 5.41) is 18.7. The van der Waals surface area contributed by atoms with Crippen LogP contribution in [0.1, 0.15) is 5.01 Å². The highest BCUT2D eigenvalue weighted by atomic mass is 35.5. The number of hydrogen-bond acceptors (Lipinski definition) is 4. The summed E-state index contributed by atoms with van der Waals surface area (Å²) in [6.45, 7) is 0. The molecule has 0 aliphatic carbocycles. The van der Waals surface area contributed by atoms with Gasteiger partial charge in [0.15, 0.2) is 0 Å². The maximum absolute atomic E-state index is 9.61. The van der Waals surface area contributed by atoms with E-state index >= 15 is 0 Å². The minimum atomic E-state index is 0.453. The molecule has 0 aliphatic heterocycles. The van der Waals surface area contributed by atoms with Crippen LogP contribution in [-0.2, 0) is 0 Å². The molecule has 0 aliphatic rings. The van der Waals surface area contributed by atoms with E-state index in [2.05, 4.69) is 28.5 Å². The van der Waals surface area contributed by atoms with Crippen LogP contribution in [0.25, 0.3) is 27.6 Å². The van der Waals surface area contributed by atoms with Crippen LogP contribution in [0.3, 0.4) is 0 Å². The number of anilines is 1. The highest BCUT2D eigenvalue weighted by Gasteiger charge is 2.12. The lowest BCUT2D eigenvalue weighted by Crippen LogP contribution is -1.92. The van der Waals surface area contributed by atoms with E-state index in [9.17, 15) is 5.26 Å². The molecule has 0 radical (unpaired) electrons. The van der Waals surface area contributed by atoms with Crippen molar-refractivity contribution >= 4 is 56.6 Å². The fourth-order valence-electron chi connectivity index (χ4n) is 2.86. The molecule has 4 aromatic rings. The predicted octanol–water partition coefficient (Wildman–Crippen LogP) is 7.25. The second-order valence-electron chi connectivity index (χ2n) is 6.00. The Morgan fingerprint density at radius 1 is 1.07 bits per heavy atom. The molecule has 1 aromatic heterocycles. The van der Waals surface area contributed by atoms with Crippen molar-refractivity contribution in [2.75, 3.05) is 5.32 Å². The van der Waals surface area contributed by atoms with E-state index in [4.69, 9.17) is 23.2 Å². The number of hydrogen-bond donors (Lipinski definition) is 1. The quantitative estimate of drug-likeness (QED) is 0.353. The fraction of sp³-hybridized carbons (Fsp3) is 0. The highest BCUT2D eigenvalue weighted by Crippen LogP contribution is 2.32. The van der Waals surface area contributed by atoms with Gasteiger partial charge in [-0.1, -0.05) is 59.6 Å². The van der Waals surface area contributed by atoms with Gasteiger partial charge in [-0.05, 0) is 29.7 Å². The van der Waals surface area contributed by atoms with Crippen molar-refractivity contribution in [3.8, 4) is 17.3 Å². The molecule has 136 valence electrons. The maximum atomic E-state index is 9.61. The summed E-state index contributed by atoms with van der Waals surface area (Å²) in [4.78, 5) is 4.58. The zero-order valence-corrected chi connectivity index (χ0v) is 16.8. The molecular weight excluding hydrogens is 409 g/mol. The molecule has 4 rings (SSSR count). The number of aromatic nitrogens is 1. The first-order valence-electron chi connectivity index (χ1n) is 8.41. The molecule has 0 atom stereocenters. The topological polar surface area (TPSA) is 48.7 Å². The van der Waals surface area contributed by atoms with E-state index in [1.165, 1.54) is 11.3 Å². The molecule has 3 aromatic carbocycles. The Labute approximate surface area is 176 Å². The van der Waals surface area contributed by atoms with Crippen LogP contribution in [0.15, 0.2) is 72.2 Å². The summed E-state index contributed by atoms with van der Waals surface area (Å²) in [5.74, 6) is 0. The van der Waals surface area contributed by atoms with Gasteiger partial charge in [0.25, 0.3) is 0 Å². The Morgan fingerprint density at radius 2 is 1.89 bits per heavy atom. The standard InChI is InChI=1S/C22H13Cl2N3S/c23-16-8-9-18(19(24)10-16)21-13-28-22(27-21)15(11-25)12-26-20-7-3-5-14-4-1-2-6-17(14)20/h1-10,12-13,26H/b15-12-. The molecule has 0 fully saturated rings. The molecule has 0 spiro atoms. The number of allylic oxidation sites excluding steroid dienone is 1. The molecule has 0 unspecified atom stereocenters. The minimum absolute atomic E-state index is 0.453. The Morgan fingerprint density at radius 3 is 2.71 bits per heavy atom. The summed E-state index contributed by atoms with van der Waals surface area (Å²) in [7, 11) is 0. The van der Waals surface area contributed by atoms with E-state index in [0.717, 1.165) is 22.0 Å². The van der Waals surface area contributed by atoms with Gasteiger partial charge in [-0.2, -0.15) is 5.26 Å². The molecular formula is C22H13Cl2N3S. The number of nitriles is 1. The van der Waals surface area contributed by atoms with Crippen molar-refractivity contribution in [2.45, 2.75) is 0 Å². The monoisotopic (exact) mass is 421 g/mol. The van der Waals surface area contributed by atoms with Crippen molar-refractivity contribution in [3.63, 3.8) is 0 Å². The third-order valence-electron chi connectivity index (χ3n) is 4.22. The summed E-state index contributed by atoms with van der Waals surface area (Å²) in [6.07, 6.45) is 1.69. The van der Waals surface area contributed by atoms with Crippen molar-refractivity contribution < 1.29 is 0 Å². The summed E-state index contributed by atoms with van der Waals surface area (Å²) >= 11 is 13.6. The van der Waals surface area contributed by atoms with Gasteiger partial charge in [-0.3, -0.25) is 0 Å². The largest absolute Gasteiger partial charge is 0.360 e. The van der Waals surface area contributed by atoms with Gasteiger partial charge in [-0.15, -0.1) is 11.3 Å². The van der Waals surface area contributed by atoms with E-state index < -0.39 is 0 Å². The average molecular weight is 422 g/mol. The lowest BCUT2D eigenvalue weighted by atomic mass is 10.1.